The Morgan fingerprint density at radius 1 is 1.29 bits per heavy atom. The first-order valence-electron chi connectivity index (χ1n) is 6.59. The lowest BCUT2D eigenvalue weighted by Crippen LogP contribution is -2.32. The summed E-state index contributed by atoms with van der Waals surface area (Å²) in [4.78, 5) is 10.3. The molecule has 0 radical (unpaired) electrons. The maximum atomic E-state index is 12.2. The summed E-state index contributed by atoms with van der Waals surface area (Å²) in [6, 6.07) is 3.84. The molecule has 0 unspecified atom stereocenters. The van der Waals surface area contributed by atoms with Crippen molar-refractivity contribution in [3.05, 3.63) is 28.3 Å². The SMILES string of the molecule is CCNc1ccc(S(=O)(=O)NCC(C)(C)C)cc1[N+](=O)[O-]. The van der Waals surface area contributed by atoms with Gasteiger partial charge in [0.25, 0.3) is 5.69 Å². The summed E-state index contributed by atoms with van der Waals surface area (Å²) in [6.45, 7) is 8.25. The average molecular weight is 315 g/mol. The number of benzene rings is 1. The van der Waals surface area contributed by atoms with Crippen LogP contribution < -0.4 is 10.0 Å². The molecule has 0 aliphatic rings. The molecule has 1 rings (SSSR count). The Morgan fingerprint density at radius 2 is 1.90 bits per heavy atom. The predicted molar refractivity (Wildman–Crippen MR) is 81.9 cm³/mol. The van der Waals surface area contributed by atoms with Crippen molar-refractivity contribution >= 4 is 21.4 Å². The lowest BCUT2D eigenvalue weighted by atomic mass is 9.98. The van der Waals surface area contributed by atoms with E-state index in [0.717, 1.165) is 6.07 Å². The van der Waals surface area contributed by atoms with Crippen molar-refractivity contribution in [3.63, 3.8) is 0 Å². The number of sulfonamides is 1. The second-order valence-corrected chi connectivity index (χ2v) is 7.62. The third-order valence-corrected chi connectivity index (χ3v) is 4.03. The molecule has 2 N–H and O–H groups in total. The monoisotopic (exact) mass is 315 g/mol. The number of nitrogens with one attached hydrogen (secondary N) is 2. The first kappa shape index (κ1) is 17.4. The van der Waals surface area contributed by atoms with Gasteiger partial charge >= 0.3 is 0 Å². The van der Waals surface area contributed by atoms with Crippen molar-refractivity contribution in [2.75, 3.05) is 18.4 Å². The third kappa shape index (κ3) is 4.98. The summed E-state index contributed by atoms with van der Waals surface area (Å²) < 4.78 is 26.8. The highest BCUT2D eigenvalue weighted by molar-refractivity contribution is 7.89. The van der Waals surface area contributed by atoms with Crippen LogP contribution in [-0.4, -0.2) is 26.4 Å². The molecule has 0 fully saturated rings. The van der Waals surface area contributed by atoms with Gasteiger partial charge in [0.15, 0.2) is 0 Å². The lowest BCUT2D eigenvalue weighted by Gasteiger charge is -2.18. The van der Waals surface area contributed by atoms with E-state index in [-0.39, 0.29) is 22.5 Å². The second kappa shape index (κ2) is 6.40. The number of hydrogen-bond acceptors (Lipinski definition) is 5. The van der Waals surface area contributed by atoms with Gasteiger partial charge in [0.05, 0.1) is 9.82 Å². The summed E-state index contributed by atoms with van der Waals surface area (Å²) >= 11 is 0. The van der Waals surface area contributed by atoms with E-state index in [9.17, 15) is 18.5 Å². The Balaban J connectivity index is 3.13. The highest BCUT2D eigenvalue weighted by atomic mass is 32.2. The zero-order valence-electron chi connectivity index (χ0n) is 12.6. The summed E-state index contributed by atoms with van der Waals surface area (Å²) in [5.74, 6) is 0. The van der Waals surface area contributed by atoms with Crippen LogP contribution in [0.1, 0.15) is 27.7 Å². The smallest absolute Gasteiger partial charge is 0.293 e. The molecule has 0 aromatic heterocycles. The maximum absolute atomic E-state index is 12.2. The summed E-state index contributed by atoms with van der Waals surface area (Å²) in [5.41, 5.74) is -0.171. The Hall–Kier alpha value is -1.67. The van der Waals surface area contributed by atoms with Gasteiger partial charge in [-0.1, -0.05) is 20.8 Å². The minimum absolute atomic E-state index is 0.111. The predicted octanol–water partition coefficient (Wildman–Crippen LogP) is 2.35. The molecule has 0 atom stereocenters. The molecule has 0 spiro atoms. The van der Waals surface area contributed by atoms with Crippen LogP contribution in [0.5, 0.6) is 0 Å². The number of rotatable bonds is 6. The van der Waals surface area contributed by atoms with E-state index >= 15 is 0 Å². The highest BCUT2D eigenvalue weighted by Gasteiger charge is 2.22. The topological polar surface area (TPSA) is 101 Å². The van der Waals surface area contributed by atoms with Gasteiger partial charge < -0.3 is 5.32 Å². The van der Waals surface area contributed by atoms with Gasteiger partial charge in [0.1, 0.15) is 5.69 Å². The quantitative estimate of drug-likeness (QED) is 0.620. The van der Waals surface area contributed by atoms with Crippen molar-refractivity contribution in [2.24, 2.45) is 5.41 Å². The van der Waals surface area contributed by atoms with Crippen LogP contribution in [0.4, 0.5) is 11.4 Å². The average Bonchev–Trinajstić information content (AvgIpc) is 2.36. The molecule has 0 saturated carbocycles. The van der Waals surface area contributed by atoms with E-state index in [2.05, 4.69) is 10.0 Å². The zero-order valence-corrected chi connectivity index (χ0v) is 13.5. The molecule has 0 aliphatic heterocycles. The number of nitrogens with zero attached hydrogens (tertiary/aromatic N) is 1. The van der Waals surface area contributed by atoms with Gasteiger partial charge in [0, 0.05) is 19.2 Å². The number of nitro groups is 1. The van der Waals surface area contributed by atoms with Crippen molar-refractivity contribution in [3.8, 4) is 0 Å². The first-order chi connectivity index (χ1) is 9.57. The van der Waals surface area contributed by atoms with Crippen molar-refractivity contribution < 1.29 is 13.3 Å². The zero-order chi connectivity index (χ0) is 16.3. The summed E-state index contributed by atoms with van der Waals surface area (Å²) in [6.07, 6.45) is 0. The molecular formula is C13H21N3O4S. The molecule has 0 aliphatic carbocycles. The fraction of sp³-hybridized carbons (Fsp3) is 0.538. The van der Waals surface area contributed by atoms with E-state index in [0.29, 0.717) is 12.2 Å². The van der Waals surface area contributed by atoms with Crippen LogP contribution in [-0.2, 0) is 10.0 Å². The molecule has 1 aromatic rings. The molecule has 7 nitrogen and oxygen atoms in total. The van der Waals surface area contributed by atoms with E-state index < -0.39 is 14.9 Å². The maximum Gasteiger partial charge on any atom is 0.293 e. The minimum atomic E-state index is -3.76. The van der Waals surface area contributed by atoms with Gasteiger partial charge in [-0.2, -0.15) is 0 Å². The molecule has 0 heterocycles. The molecule has 0 saturated heterocycles. The van der Waals surface area contributed by atoms with Crippen LogP contribution >= 0.6 is 0 Å². The molecule has 118 valence electrons. The van der Waals surface area contributed by atoms with Gasteiger partial charge in [-0.15, -0.1) is 0 Å². The van der Waals surface area contributed by atoms with Crippen molar-refractivity contribution in [2.45, 2.75) is 32.6 Å². The number of nitro benzene ring substituents is 1. The third-order valence-electron chi connectivity index (χ3n) is 2.64. The summed E-state index contributed by atoms with van der Waals surface area (Å²) in [5, 5.41) is 13.9. The number of anilines is 1. The fourth-order valence-electron chi connectivity index (χ4n) is 1.56. The Bertz CT molecular complexity index is 621. The summed E-state index contributed by atoms with van der Waals surface area (Å²) in [7, 11) is -3.76. The van der Waals surface area contributed by atoms with E-state index in [4.69, 9.17) is 0 Å². The standard InChI is InChI=1S/C13H21N3O4S/c1-5-14-11-7-6-10(8-12(11)16(17)18)21(19,20)15-9-13(2,3)4/h6-8,14-15H,5,9H2,1-4H3. The molecule has 21 heavy (non-hydrogen) atoms. The Kier molecular flexibility index (Phi) is 5.30. The lowest BCUT2D eigenvalue weighted by molar-refractivity contribution is -0.384. The normalized spacial score (nSPS) is 12.2. The Morgan fingerprint density at radius 3 is 2.38 bits per heavy atom. The molecular weight excluding hydrogens is 294 g/mol. The van der Waals surface area contributed by atoms with Gasteiger partial charge in [-0.25, -0.2) is 13.1 Å². The largest absolute Gasteiger partial charge is 0.380 e. The van der Waals surface area contributed by atoms with E-state index in [1.54, 1.807) is 6.92 Å². The highest BCUT2D eigenvalue weighted by Crippen LogP contribution is 2.27. The van der Waals surface area contributed by atoms with Crippen LogP contribution in [0.2, 0.25) is 0 Å². The van der Waals surface area contributed by atoms with Crippen molar-refractivity contribution in [1.82, 2.24) is 4.72 Å². The Labute approximate surface area is 124 Å². The molecule has 0 bridgehead atoms. The molecule has 8 heteroatoms. The van der Waals surface area contributed by atoms with Crippen molar-refractivity contribution in [1.29, 1.82) is 0 Å². The number of hydrogen-bond donors (Lipinski definition) is 2. The van der Waals surface area contributed by atoms with E-state index in [1.165, 1.54) is 12.1 Å². The van der Waals surface area contributed by atoms with Gasteiger partial charge in [0.2, 0.25) is 10.0 Å². The fourth-order valence-corrected chi connectivity index (χ4v) is 2.87. The van der Waals surface area contributed by atoms with Crippen LogP contribution in [0.25, 0.3) is 0 Å². The molecule has 1 aromatic carbocycles. The van der Waals surface area contributed by atoms with Gasteiger partial charge in [-0.05, 0) is 24.5 Å². The van der Waals surface area contributed by atoms with Gasteiger partial charge in [-0.3, -0.25) is 10.1 Å². The van der Waals surface area contributed by atoms with E-state index in [1.807, 2.05) is 20.8 Å². The van der Waals surface area contributed by atoms with Crippen LogP contribution in [0, 0.1) is 15.5 Å². The van der Waals surface area contributed by atoms with Crippen LogP contribution in [0.15, 0.2) is 23.1 Å². The minimum Gasteiger partial charge on any atom is -0.380 e. The molecule has 0 amide bonds. The second-order valence-electron chi connectivity index (χ2n) is 5.85. The van der Waals surface area contributed by atoms with Crippen LogP contribution in [0.3, 0.4) is 0 Å². The first-order valence-corrected chi connectivity index (χ1v) is 8.07.